The second-order valence-corrected chi connectivity index (χ2v) is 9.38. The van der Waals surface area contributed by atoms with Crippen molar-refractivity contribution in [1.29, 1.82) is 0 Å². The Hall–Kier alpha value is -1.73. The van der Waals surface area contributed by atoms with Crippen molar-refractivity contribution in [3.05, 3.63) is 51.9 Å². The van der Waals surface area contributed by atoms with Gasteiger partial charge in [0, 0.05) is 18.2 Å². The standard InChI is InChI=1S/C21H26N2O3S2/c1-4-17(20(25)26-5-2)28-21-22-16-13-14(3)27-18(16)19(24)23(21)12-11-15-9-7-6-8-10-15/h6-10,14,17H,4-5,11-13H2,1-3H3/t14-,17-/m1/s1. The van der Waals surface area contributed by atoms with Crippen LogP contribution in [0.15, 0.2) is 45.2 Å². The van der Waals surface area contributed by atoms with Gasteiger partial charge in [0.2, 0.25) is 0 Å². The van der Waals surface area contributed by atoms with Gasteiger partial charge in [0.05, 0.1) is 17.2 Å². The van der Waals surface area contributed by atoms with Crippen LogP contribution in [0.2, 0.25) is 0 Å². The Morgan fingerprint density at radius 2 is 2.11 bits per heavy atom. The van der Waals surface area contributed by atoms with E-state index in [1.165, 1.54) is 17.3 Å². The van der Waals surface area contributed by atoms with Gasteiger partial charge >= 0.3 is 5.97 Å². The summed E-state index contributed by atoms with van der Waals surface area (Å²) < 4.78 is 6.94. The lowest BCUT2D eigenvalue weighted by Crippen LogP contribution is -2.28. The Balaban J connectivity index is 1.92. The fraction of sp³-hybridized carbons (Fsp3) is 0.476. The number of carbonyl (C=O) groups excluding carboxylic acids is 1. The lowest BCUT2D eigenvalue weighted by molar-refractivity contribution is -0.142. The van der Waals surface area contributed by atoms with Crippen molar-refractivity contribution >= 4 is 29.5 Å². The molecule has 5 nitrogen and oxygen atoms in total. The molecule has 1 aliphatic heterocycles. The van der Waals surface area contributed by atoms with Crippen LogP contribution in [0.3, 0.4) is 0 Å². The highest BCUT2D eigenvalue weighted by Crippen LogP contribution is 2.35. The molecule has 3 rings (SSSR count). The second kappa shape index (κ2) is 9.65. The SMILES string of the molecule is CCOC(=O)[C@@H](CC)Sc1nc2c(c(=O)n1CCc1ccccc1)S[C@H](C)C2. The Morgan fingerprint density at radius 1 is 1.36 bits per heavy atom. The molecule has 2 aromatic rings. The number of ether oxygens (including phenoxy) is 1. The highest BCUT2D eigenvalue weighted by Gasteiger charge is 2.28. The zero-order valence-electron chi connectivity index (χ0n) is 16.5. The average molecular weight is 419 g/mol. The number of benzene rings is 1. The van der Waals surface area contributed by atoms with Crippen molar-refractivity contribution in [3.63, 3.8) is 0 Å². The number of hydrogen-bond acceptors (Lipinski definition) is 6. The molecule has 2 heterocycles. The number of nitrogens with zero attached hydrogens (tertiary/aromatic N) is 2. The van der Waals surface area contributed by atoms with Crippen LogP contribution in [0, 0.1) is 0 Å². The van der Waals surface area contributed by atoms with E-state index in [1.54, 1.807) is 23.3 Å². The van der Waals surface area contributed by atoms with Crippen molar-refractivity contribution in [2.24, 2.45) is 0 Å². The summed E-state index contributed by atoms with van der Waals surface area (Å²) in [4.78, 5) is 31.0. The molecule has 0 aliphatic carbocycles. The Morgan fingerprint density at radius 3 is 2.79 bits per heavy atom. The molecule has 7 heteroatoms. The molecule has 1 aliphatic rings. The van der Waals surface area contributed by atoms with E-state index in [9.17, 15) is 9.59 Å². The first-order chi connectivity index (χ1) is 13.5. The van der Waals surface area contributed by atoms with E-state index in [0.29, 0.717) is 30.0 Å². The molecule has 1 aromatic heterocycles. The van der Waals surface area contributed by atoms with Crippen molar-refractivity contribution in [1.82, 2.24) is 9.55 Å². The quantitative estimate of drug-likeness (QED) is 0.367. The van der Waals surface area contributed by atoms with E-state index in [2.05, 4.69) is 19.1 Å². The first-order valence-electron chi connectivity index (χ1n) is 9.71. The van der Waals surface area contributed by atoms with Crippen LogP contribution in [0.25, 0.3) is 0 Å². The number of hydrogen-bond donors (Lipinski definition) is 0. The Labute approximate surface area is 174 Å². The predicted molar refractivity (Wildman–Crippen MR) is 114 cm³/mol. The highest BCUT2D eigenvalue weighted by molar-refractivity contribution is 8.00. The molecule has 150 valence electrons. The van der Waals surface area contributed by atoms with Crippen LogP contribution in [-0.4, -0.2) is 32.6 Å². The largest absolute Gasteiger partial charge is 0.465 e. The van der Waals surface area contributed by atoms with E-state index in [1.807, 2.05) is 25.1 Å². The normalized spacial score (nSPS) is 16.6. The maximum Gasteiger partial charge on any atom is 0.319 e. The predicted octanol–water partition coefficient (Wildman–Crippen LogP) is 3.96. The third-order valence-electron chi connectivity index (χ3n) is 4.60. The minimum absolute atomic E-state index is 0.0106. The number of esters is 1. The summed E-state index contributed by atoms with van der Waals surface area (Å²) in [6.45, 7) is 6.76. The van der Waals surface area contributed by atoms with Gasteiger partial charge in [-0.05, 0) is 25.3 Å². The number of aryl methyl sites for hydroxylation is 1. The molecule has 28 heavy (non-hydrogen) atoms. The highest BCUT2D eigenvalue weighted by atomic mass is 32.2. The fourth-order valence-electron chi connectivity index (χ4n) is 3.16. The van der Waals surface area contributed by atoms with Gasteiger partial charge in [0.1, 0.15) is 5.25 Å². The van der Waals surface area contributed by atoms with Gasteiger partial charge < -0.3 is 4.74 Å². The molecule has 0 saturated carbocycles. The summed E-state index contributed by atoms with van der Waals surface area (Å²) in [5.41, 5.74) is 2.04. The van der Waals surface area contributed by atoms with Crippen molar-refractivity contribution in [2.45, 2.75) is 67.1 Å². The molecule has 0 amide bonds. The summed E-state index contributed by atoms with van der Waals surface area (Å²) in [5, 5.41) is 0.610. The van der Waals surface area contributed by atoms with Crippen LogP contribution in [-0.2, 0) is 28.9 Å². The van der Waals surface area contributed by atoms with Crippen LogP contribution in [0.1, 0.15) is 38.4 Å². The zero-order valence-corrected chi connectivity index (χ0v) is 18.1. The second-order valence-electron chi connectivity index (χ2n) is 6.76. The fourth-order valence-corrected chi connectivity index (χ4v) is 5.33. The maximum atomic E-state index is 13.2. The van der Waals surface area contributed by atoms with Gasteiger partial charge in [-0.1, -0.05) is 55.9 Å². The van der Waals surface area contributed by atoms with Crippen LogP contribution in [0.4, 0.5) is 0 Å². The minimum Gasteiger partial charge on any atom is -0.465 e. The number of thioether (sulfide) groups is 2. The lowest BCUT2D eigenvalue weighted by Gasteiger charge is -2.17. The Bertz CT molecular complexity index is 883. The van der Waals surface area contributed by atoms with Crippen LogP contribution >= 0.6 is 23.5 Å². The molecule has 0 bridgehead atoms. The summed E-state index contributed by atoms with van der Waals surface area (Å²) >= 11 is 2.95. The van der Waals surface area contributed by atoms with E-state index in [0.717, 1.165) is 23.4 Å². The van der Waals surface area contributed by atoms with Gasteiger partial charge in [-0.15, -0.1) is 11.8 Å². The molecular formula is C21H26N2O3S2. The van der Waals surface area contributed by atoms with E-state index in [4.69, 9.17) is 9.72 Å². The molecule has 0 fully saturated rings. The first-order valence-corrected chi connectivity index (χ1v) is 11.5. The van der Waals surface area contributed by atoms with E-state index >= 15 is 0 Å². The zero-order chi connectivity index (χ0) is 20.1. The third-order valence-corrected chi connectivity index (χ3v) is 7.15. The Kier molecular flexibility index (Phi) is 7.24. The molecule has 0 spiro atoms. The van der Waals surface area contributed by atoms with Crippen LogP contribution in [0.5, 0.6) is 0 Å². The number of rotatable bonds is 8. The summed E-state index contributed by atoms with van der Waals surface area (Å²) in [6, 6.07) is 10.1. The third kappa shape index (κ3) is 4.81. The smallest absolute Gasteiger partial charge is 0.319 e. The van der Waals surface area contributed by atoms with Gasteiger partial charge in [0.15, 0.2) is 5.16 Å². The van der Waals surface area contributed by atoms with E-state index < -0.39 is 0 Å². The van der Waals surface area contributed by atoms with Crippen molar-refractivity contribution < 1.29 is 9.53 Å². The summed E-state index contributed by atoms with van der Waals surface area (Å²) in [7, 11) is 0. The molecule has 0 saturated heterocycles. The van der Waals surface area contributed by atoms with Crippen molar-refractivity contribution in [2.75, 3.05) is 6.61 Å². The maximum absolute atomic E-state index is 13.2. The molecule has 0 unspecified atom stereocenters. The lowest BCUT2D eigenvalue weighted by atomic mass is 10.1. The van der Waals surface area contributed by atoms with Crippen molar-refractivity contribution in [3.8, 4) is 0 Å². The number of aromatic nitrogens is 2. The first kappa shape index (κ1) is 21.0. The molecule has 0 radical (unpaired) electrons. The van der Waals surface area contributed by atoms with Crippen LogP contribution < -0.4 is 5.56 Å². The molecule has 1 aromatic carbocycles. The van der Waals surface area contributed by atoms with Gasteiger partial charge in [-0.3, -0.25) is 14.2 Å². The average Bonchev–Trinajstić information content (AvgIpc) is 3.07. The monoisotopic (exact) mass is 418 g/mol. The van der Waals surface area contributed by atoms with Gasteiger partial charge in [-0.2, -0.15) is 0 Å². The van der Waals surface area contributed by atoms with Gasteiger partial charge in [-0.25, -0.2) is 4.98 Å². The number of carbonyl (C=O) groups is 1. The number of fused-ring (bicyclic) bond motifs is 1. The summed E-state index contributed by atoms with van der Waals surface area (Å²) in [6.07, 6.45) is 2.16. The van der Waals surface area contributed by atoms with Gasteiger partial charge in [0.25, 0.3) is 5.56 Å². The minimum atomic E-state index is -0.362. The molecule has 2 atom stereocenters. The topological polar surface area (TPSA) is 61.2 Å². The summed E-state index contributed by atoms with van der Waals surface area (Å²) in [5.74, 6) is -0.248. The molecular weight excluding hydrogens is 392 g/mol. The van der Waals surface area contributed by atoms with E-state index in [-0.39, 0.29) is 16.8 Å². The molecule has 0 N–H and O–H groups in total.